The van der Waals surface area contributed by atoms with Crippen LogP contribution in [0.2, 0.25) is 5.02 Å². The first kappa shape index (κ1) is 21.5. The smallest absolute Gasteiger partial charge is 0.223 e. The van der Waals surface area contributed by atoms with Crippen molar-refractivity contribution in [2.24, 2.45) is 11.8 Å². The Morgan fingerprint density at radius 2 is 2.03 bits per heavy atom. The number of aromatic nitrogens is 2. The Hall–Kier alpha value is -2.37. The predicted molar refractivity (Wildman–Crippen MR) is 132 cm³/mol. The van der Waals surface area contributed by atoms with Crippen molar-refractivity contribution < 1.29 is 4.74 Å². The predicted octanol–water partition coefficient (Wildman–Crippen LogP) is 5.93. The molecular formula is C26H31ClN4O. The molecule has 2 aliphatic rings. The van der Waals surface area contributed by atoms with Gasteiger partial charge in [-0.25, -0.2) is 9.97 Å². The maximum Gasteiger partial charge on any atom is 0.223 e. The fourth-order valence-corrected chi connectivity index (χ4v) is 4.61. The average Bonchev–Trinajstić information content (AvgIpc) is 3.66. The molecule has 1 saturated heterocycles. The molecule has 0 spiro atoms. The molecule has 0 amide bonds. The standard InChI is InChI=1S/C26H31ClN4O/c27-20-13-22(26(30-16-20)32-17-19-9-10-19)25-14-24(21-7-1-2-8-23(21)31-25)29-12-4-6-18-5-3-11-28-15-18/h1-2,7-8,13-14,16,18-19,28H,3-6,9-12,15,17H2,(H,29,31). The highest BCUT2D eigenvalue weighted by Gasteiger charge is 2.23. The highest BCUT2D eigenvalue weighted by molar-refractivity contribution is 6.30. The molecule has 1 aromatic carbocycles. The van der Waals surface area contributed by atoms with Crippen LogP contribution in [0, 0.1) is 11.8 Å². The van der Waals surface area contributed by atoms with Crippen LogP contribution in [0.5, 0.6) is 5.88 Å². The minimum absolute atomic E-state index is 0.587. The summed E-state index contributed by atoms with van der Waals surface area (Å²) in [4.78, 5) is 9.40. The second-order valence-electron chi connectivity index (χ2n) is 9.11. The summed E-state index contributed by atoms with van der Waals surface area (Å²) in [5.41, 5.74) is 3.74. The van der Waals surface area contributed by atoms with E-state index in [1.807, 2.05) is 12.1 Å². The third kappa shape index (κ3) is 5.33. The summed E-state index contributed by atoms with van der Waals surface area (Å²) in [5.74, 6) is 2.07. The maximum atomic E-state index is 6.31. The van der Waals surface area contributed by atoms with Crippen molar-refractivity contribution in [2.75, 3.05) is 31.6 Å². The van der Waals surface area contributed by atoms with E-state index in [9.17, 15) is 0 Å². The van der Waals surface area contributed by atoms with Gasteiger partial charge >= 0.3 is 0 Å². The first-order valence-corrected chi connectivity index (χ1v) is 12.3. The van der Waals surface area contributed by atoms with Gasteiger partial charge in [0.15, 0.2) is 0 Å². The lowest BCUT2D eigenvalue weighted by molar-refractivity contribution is 0.290. The second kappa shape index (κ2) is 10.1. The Bertz CT molecular complexity index is 1060. The number of nitrogens with zero attached hydrogens (tertiary/aromatic N) is 2. The Morgan fingerprint density at radius 3 is 2.88 bits per heavy atom. The summed E-state index contributed by atoms with van der Waals surface area (Å²) < 4.78 is 6.05. The van der Waals surface area contributed by atoms with Crippen LogP contribution in [0.1, 0.15) is 38.5 Å². The summed E-state index contributed by atoms with van der Waals surface area (Å²) in [7, 11) is 0. The average molecular weight is 451 g/mol. The monoisotopic (exact) mass is 450 g/mol. The lowest BCUT2D eigenvalue weighted by Crippen LogP contribution is -2.29. The van der Waals surface area contributed by atoms with E-state index in [0.29, 0.717) is 23.4 Å². The number of para-hydroxylation sites is 1. The Kier molecular flexibility index (Phi) is 6.75. The topological polar surface area (TPSA) is 59.1 Å². The normalized spacial score (nSPS) is 18.6. The van der Waals surface area contributed by atoms with Gasteiger partial charge in [0.05, 0.1) is 28.4 Å². The molecule has 1 aliphatic carbocycles. The zero-order valence-corrected chi connectivity index (χ0v) is 19.2. The minimum atomic E-state index is 0.587. The number of piperidine rings is 1. The molecule has 6 heteroatoms. The van der Waals surface area contributed by atoms with E-state index in [1.165, 1.54) is 38.6 Å². The van der Waals surface area contributed by atoms with Crippen molar-refractivity contribution in [1.82, 2.24) is 15.3 Å². The molecule has 0 radical (unpaired) electrons. The molecule has 1 aliphatic heterocycles. The molecule has 1 atom stereocenters. The molecule has 32 heavy (non-hydrogen) atoms. The third-order valence-corrected chi connectivity index (χ3v) is 6.67. The SMILES string of the molecule is Clc1cnc(OCC2CC2)c(-c2cc(NCCCC3CCCNC3)c3ccccc3n2)c1. The number of hydrogen-bond donors (Lipinski definition) is 2. The number of anilines is 1. The summed E-state index contributed by atoms with van der Waals surface area (Å²) in [5, 5.41) is 8.91. The van der Waals surface area contributed by atoms with Gasteiger partial charge in [-0.2, -0.15) is 0 Å². The molecule has 3 aromatic rings. The molecule has 3 heterocycles. The number of benzene rings is 1. The number of hydrogen-bond acceptors (Lipinski definition) is 5. The molecule has 2 N–H and O–H groups in total. The number of rotatable bonds is 9. The van der Waals surface area contributed by atoms with Crippen molar-refractivity contribution in [3.63, 3.8) is 0 Å². The molecule has 1 unspecified atom stereocenters. The van der Waals surface area contributed by atoms with E-state index in [4.69, 9.17) is 21.3 Å². The number of ether oxygens (including phenoxy) is 1. The molecule has 2 fully saturated rings. The molecule has 5 nitrogen and oxygen atoms in total. The highest BCUT2D eigenvalue weighted by Crippen LogP contribution is 2.36. The minimum Gasteiger partial charge on any atom is -0.477 e. The van der Waals surface area contributed by atoms with E-state index in [1.54, 1.807) is 6.20 Å². The largest absolute Gasteiger partial charge is 0.477 e. The van der Waals surface area contributed by atoms with Crippen molar-refractivity contribution in [2.45, 2.75) is 38.5 Å². The number of fused-ring (bicyclic) bond motifs is 1. The van der Waals surface area contributed by atoms with Crippen molar-refractivity contribution in [3.05, 3.63) is 47.6 Å². The Balaban J connectivity index is 1.37. The van der Waals surface area contributed by atoms with Gasteiger partial charge in [-0.3, -0.25) is 0 Å². The van der Waals surface area contributed by atoms with Crippen LogP contribution >= 0.6 is 11.6 Å². The second-order valence-corrected chi connectivity index (χ2v) is 9.55. The van der Waals surface area contributed by atoms with Crippen LogP contribution in [0.4, 0.5) is 5.69 Å². The van der Waals surface area contributed by atoms with Crippen LogP contribution in [-0.4, -0.2) is 36.2 Å². The summed E-state index contributed by atoms with van der Waals surface area (Å²) in [6, 6.07) is 12.3. The molecular weight excluding hydrogens is 420 g/mol. The van der Waals surface area contributed by atoms with Crippen LogP contribution in [0.25, 0.3) is 22.2 Å². The van der Waals surface area contributed by atoms with Crippen molar-refractivity contribution in [3.8, 4) is 17.1 Å². The quantitative estimate of drug-likeness (QED) is 0.395. The van der Waals surface area contributed by atoms with Gasteiger partial charge in [0.25, 0.3) is 0 Å². The van der Waals surface area contributed by atoms with Crippen LogP contribution < -0.4 is 15.4 Å². The van der Waals surface area contributed by atoms with Crippen LogP contribution in [0.15, 0.2) is 42.6 Å². The fraction of sp³-hybridized carbons (Fsp3) is 0.462. The van der Waals surface area contributed by atoms with Crippen molar-refractivity contribution >= 4 is 28.2 Å². The van der Waals surface area contributed by atoms with Crippen LogP contribution in [0.3, 0.4) is 0 Å². The van der Waals surface area contributed by atoms with Gasteiger partial charge < -0.3 is 15.4 Å². The van der Waals surface area contributed by atoms with Crippen LogP contribution in [-0.2, 0) is 0 Å². The molecule has 2 aromatic heterocycles. The molecule has 5 rings (SSSR count). The number of pyridine rings is 2. The first-order chi connectivity index (χ1) is 15.8. The van der Waals surface area contributed by atoms with Crippen molar-refractivity contribution in [1.29, 1.82) is 0 Å². The molecule has 168 valence electrons. The van der Waals surface area contributed by atoms with E-state index in [0.717, 1.165) is 53.3 Å². The lowest BCUT2D eigenvalue weighted by Gasteiger charge is -2.22. The zero-order valence-electron chi connectivity index (χ0n) is 18.4. The lowest BCUT2D eigenvalue weighted by atomic mass is 9.95. The van der Waals surface area contributed by atoms with Gasteiger partial charge in [0.1, 0.15) is 0 Å². The van der Waals surface area contributed by atoms with E-state index in [2.05, 4.69) is 39.9 Å². The van der Waals surface area contributed by atoms with E-state index >= 15 is 0 Å². The summed E-state index contributed by atoms with van der Waals surface area (Å²) in [6.45, 7) is 3.98. The van der Waals surface area contributed by atoms with E-state index in [-0.39, 0.29) is 0 Å². The van der Waals surface area contributed by atoms with Gasteiger partial charge in [-0.15, -0.1) is 0 Å². The molecule has 0 bridgehead atoms. The van der Waals surface area contributed by atoms with Gasteiger partial charge in [-0.1, -0.05) is 29.8 Å². The van der Waals surface area contributed by atoms with Gasteiger partial charge in [-0.05, 0) is 81.6 Å². The van der Waals surface area contributed by atoms with Gasteiger partial charge in [0.2, 0.25) is 5.88 Å². The van der Waals surface area contributed by atoms with E-state index < -0.39 is 0 Å². The number of nitrogens with one attached hydrogen (secondary N) is 2. The third-order valence-electron chi connectivity index (χ3n) is 6.47. The molecule has 1 saturated carbocycles. The first-order valence-electron chi connectivity index (χ1n) is 11.9. The zero-order chi connectivity index (χ0) is 21.8. The number of halogens is 1. The Labute approximate surface area is 194 Å². The Morgan fingerprint density at radius 1 is 1.12 bits per heavy atom. The summed E-state index contributed by atoms with van der Waals surface area (Å²) in [6.07, 6.45) is 9.19. The summed E-state index contributed by atoms with van der Waals surface area (Å²) >= 11 is 6.31. The highest BCUT2D eigenvalue weighted by atomic mass is 35.5. The van der Waals surface area contributed by atoms with Gasteiger partial charge in [0, 0.05) is 23.8 Å². The fourth-order valence-electron chi connectivity index (χ4n) is 4.45. The maximum absolute atomic E-state index is 6.31.